The van der Waals surface area contributed by atoms with Crippen LogP contribution in [0.4, 0.5) is 24.5 Å². The van der Waals surface area contributed by atoms with Crippen molar-refractivity contribution in [3.05, 3.63) is 46.5 Å². The van der Waals surface area contributed by atoms with Crippen molar-refractivity contribution >= 4 is 23.3 Å². The lowest BCUT2D eigenvalue weighted by Crippen LogP contribution is -2.37. The Hall–Kier alpha value is -3.11. The summed E-state index contributed by atoms with van der Waals surface area (Å²) in [5, 5.41) is 15.7. The molecule has 26 heavy (non-hydrogen) atoms. The highest BCUT2D eigenvalue weighted by Crippen LogP contribution is 2.34. The molecule has 8 nitrogen and oxygen atoms in total. The first kappa shape index (κ1) is 20.9. The SMILES string of the molecule is C=CCNC(=O)[C@@H](C)OC(=O)CNc1ccc(C(F)(F)F)cc1[N+](=O)[O-]. The normalized spacial score (nSPS) is 12.0. The van der Waals surface area contributed by atoms with E-state index >= 15 is 0 Å². The van der Waals surface area contributed by atoms with Crippen molar-refractivity contribution in [1.29, 1.82) is 0 Å². The molecule has 0 bridgehead atoms. The molecule has 0 heterocycles. The number of hydrogen-bond acceptors (Lipinski definition) is 6. The summed E-state index contributed by atoms with van der Waals surface area (Å²) in [6.07, 6.45) is -4.43. The molecule has 0 fully saturated rings. The number of hydrogen-bond donors (Lipinski definition) is 2. The summed E-state index contributed by atoms with van der Waals surface area (Å²) in [6.45, 7) is 4.32. The van der Waals surface area contributed by atoms with E-state index in [1.54, 1.807) is 0 Å². The van der Waals surface area contributed by atoms with Crippen molar-refractivity contribution in [2.45, 2.75) is 19.2 Å². The summed E-state index contributed by atoms with van der Waals surface area (Å²) in [6, 6.07) is 1.85. The summed E-state index contributed by atoms with van der Waals surface area (Å²) in [4.78, 5) is 33.1. The van der Waals surface area contributed by atoms with Crippen LogP contribution in [-0.4, -0.2) is 36.0 Å². The molecule has 0 aliphatic heterocycles. The minimum Gasteiger partial charge on any atom is -0.451 e. The van der Waals surface area contributed by atoms with E-state index in [0.29, 0.717) is 12.1 Å². The Morgan fingerprint density at radius 3 is 2.62 bits per heavy atom. The molecule has 0 aliphatic carbocycles. The van der Waals surface area contributed by atoms with Crippen LogP contribution in [0.1, 0.15) is 12.5 Å². The number of benzene rings is 1. The predicted octanol–water partition coefficient (Wildman–Crippen LogP) is 2.26. The summed E-state index contributed by atoms with van der Waals surface area (Å²) >= 11 is 0. The zero-order chi connectivity index (χ0) is 19.9. The van der Waals surface area contributed by atoms with Gasteiger partial charge in [0.15, 0.2) is 6.10 Å². The summed E-state index contributed by atoms with van der Waals surface area (Å²) in [5.74, 6) is -1.49. The van der Waals surface area contributed by atoms with Gasteiger partial charge < -0.3 is 15.4 Å². The highest BCUT2D eigenvalue weighted by atomic mass is 19.4. The van der Waals surface area contributed by atoms with Gasteiger partial charge in [-0.1, -0.05) is 6.08 Å². The summed E-state index contributed by atoms with van der Waals surface area (Å²) in [5.41, 5.74) is -2.32. The van der Waals surface area contributed by atoms with Crippen LogP contribution in [-0.2, 0) is 20.5 Å². The number of amides is 1. The van der Waals surface area contributed by atoms with Crippen molar-refractivity contribution in [2.24, 2.45) is 0 Å². The summed E-state index contributed by atoms with van der Waals surface area (Å²) in [7, 11) is 0. The van der Waals surface area contributed by atoms with E-state index in [4.69, 9.17) is 4.74 Å². The minimum atomic E-state index is -4.74. The molecule has 0 aromatic heterocycles. The quantitative estimate of drug-likeness (QED) is 0.312. The third-order valence-corrected chi connectivity index (χ3v) is 3.04. The maximum absolute atomic E-state index is 12.6. The van der Waals surface area contributed by atoms with Crippen LogP contribution < -0.4 is 10.6 Å². The molecule has 142 valence electrons. The lowest BCUT2D eigenvalue weighted by Gasteiger charge is -2.14. The van der Waals surface area contributed by atoms with Crippen LogP contribution >= 0.6 is 0 Å². The van der Waals surface area contributed by atoms with Crippen LogP contribution in [0.15, 0.2) is 30.9 Å². The molecule has 0 aliphatic rings. The van der Waals surface area contributed by atoms with Gasteiger partial charge in [0.1, 0.15) is 12.2 Å². The Morgan fingerprint density at radius 1 is 1.42 bits per heavy atom. The molecular weight excluding hydrogens is 359 g/mol. The fraction of sp³-hybridized carbons (Fsp3) is 0.333. The molecule has 1 amide bonds. The van der Waals surface area contributed by atoms with Gasteiger partial charge in [-0.05, 0) is 19.1 Å². The maximum atomic E-state index is 12.6. The topological polar surface area (TPSA) is 111 Å². The molecule has 0 radical (unpaired) electrons. The van der Waals surface area contributed by atoms with Crippen LogP contribution in [0.5, 0.6) is 0 Å². The van der Waals surface area contributed by atoms with Gasteiger partial charge in [0.05, 0.1) is 10.5 Å². The van der Waals surface area contributed by atoms with Crippen LogP contribution in [0.3, 0.4) is 0 Å². The Morgan fingerprint density at radius 2 is 2.08 bits per heavy atom. The van der Waals surface area contributed by atoms with Crippen LogP contribution in [0, 0.1) is 10.1 Å². The second-order valence-corrected chi connectivity index (χ2v) is 5.01. The first-order valence-electron chi connectivity index (χ1n) is 7.23. The number of nitrogens with one attached hydrogen (secondary N) is 2. The Balaban J connectivity index is 2.74. The molecule has 2 N–H and O–H groups in total. The summed E-state index contributed by atoms with van der Waals surface area (Å²) < 4.78 is 42.7. The monoisotopic (exact) mass is 375 g/mol. The number of anilines is 1. The highest BCUT2D eigenvalue weighted by molar-refractivity contribution is 5.84. The number of ether oxygens (including phenoxy) is 1. The molecule has 1 aromatic rings. The van der Waals surface area contributed by atoms with Gasteiger partial charge in [-0.3, -0.25) is 19.7 Å². The van der Waals surface area contributed by atoms with Gasteiger partial charge in [-0.25, -0.2) is 0 Å². The van der Waals surface area contributed by atoms with Crippen molar-refractivity contribution < 1.29 is 32.4 Å². The number of nitrogens with zero attached hydrogens (tertiary/aromatic N) is 1. The zero-order valence-electron chi connectivity index (χ0n) is 13.6. The van der Waals surface area contributed by atoms with Crippen LogP contribution in [0.2, 0.25) is 0 Å². The zero-order valence-corrected chi connectivity index (χ0v) is 13.6. The average molecular weight is 375 g/mol. The van der Waals surface area contributed by atoms with Crippen molar-refractivity contribution in [1.82, 2.24) is 5.32 Å². The molecule has 0 saturated heterocycles. The fourth-order valence-electron chi connectivity index (χ4n) is 1.78. The first-order chi connectivity index (χ1) is 12.1. The lowest BCUT2D eigenvalue weighted by molar-refractivity contribution is -0.384. The van der Waals surface area contributed by atoms with E-state index in [1.165, 1.54) is 13.0 Å². The second-order valence-electron chi connectivity index (χ2n) is 5.01. The Bertz CT molecular complexity index is 706. The van der Waals surface area contributed by atoms with Crippen molar-refractivity contribution in [3.63, 3.8) is 0 Å². The van der Waals surface area contributed by atoms with E-state index < -0.39 is 46.9 Å². The molecule has 1 atom stereocenters. The Labute approximate surface area is 146 Å². The van der Waals surface area contributed by atoms with E-state index in [-0.39, 0.29) is 12.2 Å². The van der Waals surface area contributed by atoms with Gasteiger partial charge in [0.25, 0.3) is 11.6 Å². The highest BCUT2D eigenvalue weighted by Gasteiger charge is 2.33. The molecule has 1 rings (SSSR count). The number of esters is 1. The number of rotatable bonds is 8. The number of nitro benzene ring substituents is 1. The molecular formula is C15H16F3N3O5. The fourth-order valence-corrected chi connectivity index (χ4v) is 1.78. The third kappa shape index (κ3) is 6.07. The van der Waals surface area contributed by atoms with Crippen LogP contribution in [0.25, 0.3) is 0 Å². The van der Waals surface area contributed by atoms with Gasteiger partial charge in [0, 0.05) is 12.6 Å². The van der Waals surface area contributed by atoms with Gasteiger partial charge in [-0.15, -0.1) is 6.58 Å². The minimum absolute atomic E-state index is 0.177. The largest absolute Gasteiger partial charge is 0.451 e. The second kappa shape index (κ2) is 8.83. The van der Waals surface area contributed by atoms with Gasteiger partial charge >= 0.3 is 12.1 Å². The number of halogens is 3. The van der Waals surface area contributed by atoms with Crippen molar-refractivity contribution in [2.75, 3.05) is 18.4 Å². The number of carbonyl (C=O) groups excluding carboxylic acids is 2. The van der Waals surface area contributed by atoms with E-state index in [2.05, 4.69) is 17.2 Å². The van der Waals surface area contributed by atoms with Crippen molar-refractivity contribution in [3.8, 4) is 0 Å². The molecule has 0 saturated carbocycles. The standard InChI is InChI=1S/C15H16F3N3O5/c1-3-6-19-14(23)9(2)26-13(22)8-20-11-5-4-10(15(16,17)18)7-12(11)21(24)25/h3-5,7,9,20H,1,6,8H2,2H3,(H,19,23)/t9-/m1/s1. The first-order valence-corrected chi connectivity index (χ1v) is 7.23. The maximum Gasteiger partial charge on any atom is 0.416 e. The third-order valence-electron chi connectivity index (χ3n) is 3.04. The lowest BCUT2D eigenvalue weighted by atomic mass is 10.1. The molecule has 0 unspecified atom stereocenters. The smallest absolute Gasteiger partial charge is 0.416 e. The van der Waals surface area contributed by atoms with E-state index in [1.807, 2.05) is 0 Å². The molecule has 0 spiro atoms. The average Bonchev–Trinajstić information content (AvgIpc) is 2.56. The molecule has 11 heteroatoms. The van der Waals surface area contributed by atoms with Gasteiger partial charge in [-0.2, -0.15) is 13.2 Å². The van der Waals surface area contributed by atoms with Gasteiger partial charge in [0.2, 0.25) is 0 Å². The molecule has 1 aromatic carbocycles. The number of nitro groups is 1. The van der Waals surface area contributed by atoms with E-state index in [9.17, 15) is 32.9 Å². The van der Waals surface area contributed by atoms with E-state index in [0.717, 1.165) is 6.07 Å². The Kier molecular flexibility index (Phi) is 7.11. The number of alkyl halides is 3. The number of carbonyl (C=O) groups is 2. The predicted molar refractivity (Wildman–Crippen MR) is 85.3 cm³/mol.